The molecule has 0 heterocycles. The highest BCUT2D eigenvalue weighted by Crippen LogP contribution is 2.26. The van der Waals surface area contributed by atoms with Crippen molar-refractivity contribution < 1.29 is 19.4 Å². The number of ether oxygens (including phenoxy) is 2. The van der Waals surface area contributed by atoms with Crippen LogP contribution in [0.2, 0.25) is 0 Å². The zero-order valence-electron chi connectivity index (χ0n) is 12.0. The molecular formula is C16H19NO4. The minimum absolute atomic E-state index is 0.401. The Balaban J connectivity index is 2.84. The second-order valence-corrected chi connectivity index (χ2v) is 4.33. The van der Waals surface area contributed by atoms with Gasteiger partial charge in [0, 0.05) is 24.1 Å². The van der Waals surface area contributed by atoms with Gasteiger partial charge in [0.1, 0.15) is 11.5 Å². The maximum Gasteiger partial charge on any atom is 0.328 e. The summed E-state index contributed by atoms with van der Waals surface area (Å²) < 4.78 is 11.1. The van der Waals surface area contributed by atoms with Crippen LogP contribution in [0.25, 0.3) is 6.08 Å². The third-order valence-electron chi connectivity index (χ3n) is 2.55. The highest BCUT2D eigenvalue weighted by atomic mass is 16.5. The quantitative estimate of drug-likeness (QED) is 0.557. The topological polar surface area (TPSA) is 79.6 Å². The molecule has 5 heteroatoms. The van der Waals surface area contributed by atoms with Crippen molar-refractivity contribution in [3.8, 4) is 17.6 Å². The summed E-state index contributed by atoms with van der Waals surface area (Å²) >= 11 is 0. The molecule has 0 aliphatic carbocycles. The van der Waals surface area contributed by atoms with Crippen LogP contribution < -0.4 is 9.47 Å². The Morgan fingerprint density at radius 1 is 1.38 bits per heavy atom. The lowest BCUT2D eigenvalue weighted by Crippen LogP contribution is -2.00. The summed E-state index contributed by atoms with van der Waals surface area (Å²) in [5.41, 5.74) is 0.665. The van der Waals surface area contributed by atoms with Crippen LogP contribution in [0.1, 0.15) is 31.7 Å². The van der Waals surface area contributed by atoms with Gasteiger partial charge in [-0.1, -0.05) is 6.92 Å². The van der Waals surface area contributed by atoms with E-state index >= 15 is 0 Å². The lowest BCUT2D eigenvalue weighted by atomic mass is 10.1. The molecule has 1 N–H and O–H groups in total. The van der Waals surface area contributed by atoms with Crippen LogP contribution in [-0.4, -0.2) is 24.3 Å². The first-order chi connectivity index (χ1) is 10.2. The molecule has 0 fully saturated rings. The van der Waals surface area contributed by atoms with E-state index in [2.05, 4.69) is 6.07 Å². The average Bonchev–Trinajstić information content (AvgIpc) is 2.48. The molecule has 1 aromatic carbocycles. The van der Waals surface area contributed by atoms with E-state index in [9.17, 15) is 4.79 Å². The van der Waals surface area contributed by atoms with Crippen LogP contribution in [0, 0.1) is 11.3 Å². The standard InChI is InChI=1S/C16H19NO4/c1-2-10-20-14-7-5-13(6-8-16(18)19)15(12-14)21-11-4-3-9-17/h5-8,12H,2-4,10-11H2,1H3,(H,18,19)/b8-6+. The fourth-order valence-corrected chi connectivity index (χ4v) is 1.58. The molecule has 0 spiro atoms. The number of benzene rings is 1. The molecule has 0 aromatic heterocycles. The number of carboxylic acids is 1. The molecule has 1 rings (SSSR count). The summed E-state index contributed by atoms with van der Waals surface area (Å²) in [5, 5.41) is 17.2. The summed E-state index contributed by atoms with van der Waals surface area (Å²) in [6, 6.07) is 7.32. The molecule has 0 bridgehead atoms. The Hall–Kier alpha value is -2.48. The van der Waals surface area contributed by atoms with Gasteiger partial charge in [-0.3, -0.25) is 0 Å². The van der Waals surface area contributed by atoms with Gasteiger partial charge in [0.15, 0.2) is 0 Å². The normalized spacial score (nSPS) is 10.3. The summed E-state index contributed by atoms with van der Waals surface area (Å²) in [6.07, 6.45) is 4.49. The average molecular weight is 289 g/mol. The molecule has 112 valence electrons. The van der Waals surface area contributed by atoms with Crippen molar-refractivity contribution in [3.05, 3.63) is 29.8 Å². The van der Waals surface area contributed by atoms with E-state index in [4.69, 9.17) is 19.8 Å². The third kappa shape index (κ3) is 6.48. The number of unbranched alkanes of at least 4 members (excludes halogenated alkanes) is 1. The third-order valence-corrected chi connectivity index (χ3v) is 2.55. The molecule has 0 saturated heterocycles. The summed E-state index contributed by atoms with van der Waals surface area (Å²) in [4.78, 5) is 10.6. The van der Waals surface area contributed by atoms with E-state index in [1.54, 1.807) is 18.2 Å². The van der Waals surface area contributed by atoms with Crippen molar-refractivity contribution >= 4 is 12.0 Å². The lowest BCUT2D eigenvalue weighted by Gasteiger charge is -2.11. The summed E-state index contributed by atoms with van der Waals surface area (Å²) in [6.45, 7) is 3.03. The van der Waals surface area contributed by atoms with Crippen molar-refractivity contribution in [2.75, 3.05) is 13.2 Å². The molecule has 1 aromatic rings. The van der Waals surface area contributed by atoms with E-state index in [1.807, 2.05) is 6.92 Å². The molecule has 0 atom stereocenters. The van der Waals surface area contributed by atoms with Crippen molar-refractivity contribution in [2.24, 2.45) is 0 Å². The number of aliphatic carboxylic acids is 1. The van der Waals surface area contributed by atoms with Crippen LogP contribution >= 0.6 is 0 Å². The van der Waals surface area contributed by atoms with E-state index in [1.165, 1.54) is 6.08 Å². The van der Waals surface area contributed by atoms with E-state index in [0.29, 0.717) is 43.1 Å². The Morgan fingerprint density at radius 2 is 2.19 bits per heavy atom. The van der Waals surface area contributed by atoms with Gasteiger partial charge in [0.2, 0.25) is 0 Å². The van der Waals surface area contributed by atoms with Crippen LogP contribution in [0.3, 0.4) is 0 Å². The van der Waals surface area contributed by atoms with Gasteiger partial charge >= 0.3 is 5.97 Å². The van der Waals surface area contributed by atoms with E-state index in [-0.39, 0.29) is 0 Å². The van der Waals surface area contributed by atoms with Crippen LogP contribution in [-0.2, 0) is 4.79 Å². The zero-order chi connectivity index (χ0) is 15.5. The van der Waals surface area contributed by atoms with Crippen molar-refractivity contribution in [1.82, 2.24) is 0 Å². The second-order valence-electron chi connectivity index (χ2n) is 4.33. The number of hydrogen-bond acceptors (Lipinski definition) is 4. The highest BCUT2D eigenvalue weighted by molar-refractivity contribution is 5.86. The second kappa shape index (κ2) is 9.43. The first kappa shape index (κ1) is 16.6. The molecule has 0 aliphatic heterocycles. The number of hydrogen-bond donors (Lipinski definition) is 1. The maximum absolute atomic E-state index is 10.6. The van der Waals surface area contributed by atoms with Gasteiger partial charge in [-0.15, -0.1) is 0 Å². The van der Waals surface area contributed by atoms with Crippen LogP contribution in [0.15, 0.2) is 24.3 Å². The number of nitriles is 1. The van der Waals surface area contributed by atoms with Crippen molar-refractivity contribution in [3.63, 3.8) is 0 Å². The Kier molecular flexibility index (Phi) is 7.44. The fourth-order valence-electron chi connectivity index (χ4n) is 1.58. The van der Waals surface area contributed by atoms with E-state index < -0.39 is 5.97 Å². The summed E-state index contributed by atoms with van der Waals surface area (Å²) in [5.74, 6) is 0.218. The molecule has 0 amide bonds. The first-order valence-corrected chi connectivity index (χ1v) is 6.85. The first-order valence-electron chi connectivity index (χ1n) is 6.85. The Morgan fingerprint density at radius 3 is 2.86 bits per heavy atom. The molecule has 5 nitrogen and oxygen atoms in total. The van der Waals surface area contributed by atoms with Gasteiger partial charge in [-0.2, -0.15) is 5.26 Å². The minimum atomic E-state index is -1.02. The monoisotopic (exact) mass is 289 g/mol. The molecule has 21 heavy (non-hydrogen) atoms. The van der Waals surface area contributed by atoms with Gasteiger partial charge < -0.3 is 14.6 Å². The molecule has 0 radical (unpaired) electrons. The van der Waals surface area contributed by atoms with Gasteiger partial charge in [-0.05, 0) is 31.1 Å². The predicted molar refractivity (Wildman–Crippen MR) is 79.2 cm³/mol. The van der Waals surface area contributed by atoms with Crippen LogP contribution in [0.5, 0.6) is 11.5 Å². The predicted octanol–water partition coefficient (Wildman–Crippen LogP) is 3.26. The minimum Gasteiger partial charge on any atom is -0.493 e. The molecular weight excluding hydrogens is 270 g/mol. The molecule has 0 aliphatic rings. The smallest absolute Gasteiger partial charge is 0.328 e. The SMILES string of the molecule is CCCOc1ccc(/C=C/C(=O)O)c(OCCCC#N)c1. The number of carboxylic acid groups (broad SMARTS) is 1. The van der Waals surface area contributed by atoms with Crippen molar-refractivity contribution in [2.45, 2.75) is 26.2 Å². The highest BCUT2D eigenvalue weighted by Gasteiger charge is 2.05. The molecule has 0 unspecified atom stereocenters. The van der Waals surface area contributed by atoms with Crippen molar-refractivity contribution in [1.29, 1.82) is 5.26 Å². The number of nitrogens with zero attached hydrogens (tertiary/aromatic N) is 1. The molecule has 0 saturated carbocycles. The fraction of sp³-hybridized carbons (Fsp3) is 0.375. The zero-order valence-corrected chi connectivity index (χ0v) is 12.0. The van der Waals surface area contributed by atoms with Crippen LogP contribution in [0.4, 0.5) is 0 Å². The summed E-state index contributed by atoms with van der Waals surface area (Å²) in [7, 11) is 0. The van der Waals surface area contributed by atoms with E-state index in [0.717, 1.165) is 12.5 Å². The number of carbonyl (C=O) groups is 1. The number of rotatable bonds is 9. The van der Waals surface area contributed by atoms with Gasteiger partial charge in [-0.25, -0.2) is 4.79 Å². The lowest BCUT2D eigenvalue weighted by molar-refractivity contribution is -0.131. The largest absolute Gasteiger partial charge is 0.493 e. The Labute approximate surface area is 124 Å². The van der Waals surface area contributed by atoms with Gasteiger partial charge in [0.05, 0.1) is 19.3 Å². The Bertz CT molecular complexity index is 532. The maximum atomic E-state index is 10.6. The van der Waals surface area contributed by atoms with Gasteiger partial charge in [0.25, 0.3) is 0 Å².